The smallest absolute Gasteiger partial charge is 0.490 e. The fourth-order valence-corrected chi connectivity index (χ4v) is 3.79. The van der Waals surface area contributed by atoms with Crippen LogP contribution in [0.4, 0.5) is 25.1 Å². The van der Waals surface area contributed by atoms with Gasteiger partial charge in [0, 0.05) is 23.8 Å². The van der Waals surface area contributed by atoms with Gasteiger partial charge in [-0.3, -0.25) is 5.32 Å². The Morgan fingerprint density at radius 2 is 1.55 bits per heavy atom. The van der Waals surface area contributed by atoms with Crippen molar-refractivity contribution >= 4 is 39.7 Å². The van der Waals surface area contributed by atoms with E-state index in [0.29, 0.717) is 46.2 Å². The molecule has 0 radical (unpaired) electrons. The molecule has 2 aromatic carbocycles. The number of nitrogens with zero attached hydrogens (tertiary/aromatic N) is 5. The Morgan fingerprint density at radius 3 is 2.19 bits per heavy atom. The molecule has 220 valence electrons. The number of hydrogen-bond acceptors (Lipinski definition) is 10. The van der Waals surface area contributed by atoms with E-state index in [2.05, 4.69) is 25.3 Å². The number of nitrogens with one attached hydrogen (secondary N) is 1. The van der Waals surface area contributed by atoms with Crippen LogP contribution in [0.3, 0.4) is 0 Å². The Bertz CT molecular complexity index is 1710. The molecule has 0 aliphatic heterocycles. The SMILES string of the molecule is COc1cc2nc(Nc3nc(O)c4cc(OCCn5cccc5)ccc4n3)nc(C)c2cc1OC.O=C(O)C(F)(F)F. The van der Waals surface area contributed by atoms with E-state index in [1.807, 2.05) is 48.1 Å². The number of halogens is 3. The van der Waals surface area contributed by atoms with E-state index in [-0.39, 0.29) is 11.8 Å². The van der Waals surface area contributed by atoms with E-state index in [4.69, 9.17) is 24.1 Å². The third-order valence-electron chi connectivity index (χ3n) is 5.79. The maximum Gasteiger partial charge on any atom is 0.490 e. The van der Waals surface area contributed by atoms with Gasteiger partial charge in [0.05, 0.1) is 42.9 Å². The first-order chi connectivity index (χ1) is 20.0. The zero-order valence-corrected chi connectivity index (χ0v) is 22.5. The highest BCUT2D eigenvalue weighted by Crippen LogP contribution is 2.33. The predicted molar refractivity (Wildman–Crippen MR) is 145 cm³/mol. The van der Waals surface area contributed by atoms with Crippen molar-refractivity contribution in [2.75, 3.05) is 26.1 Å². The highest BCUT2D eigenvalue weighted by atomic mass is 19.4. The number of hydrogen-bond donors (Lipinski definition) is 3. The van der Waals surface area contributed by atoms with Gasteiger partial charge in [0.1, 0.15) is 12.4 Å². The monoisotopic (exact) mass is 586 g/mol. The van der Waals surface area contributed by atoms with Crippen LogP contribution in [-0.2, 0) is 11.3 Å². The van der Waals surface area contributed by atoms with Gasteiger partial charge in [-0.1, -0.05) is 0 Å². The second-order valence-electron chi connectivity index (χ2n) is 8.60. The molecule has 3 N–H and O–H groups in total. The average Bonchev–Trinajstić information content (AvgIpc) is 3.46. The zero-order valence-electron chi connectivity index (χ0n) is 22.5. The maximum atomic E-state index is 10.6. The highest BCUT2D eigenvalue weighted by Gasteiger charge is 2.38. The van der Waals surface area contributed by atoms with Crippen molar-refractivity contribution in [1.29, 1.82) is 0 Å². The minimum atomic E-state index is -5.08. The number of aromatic hydroxyl groups is 1. The van der Waals surface area contributed by atoms with Gasteiger partial charge in [-0.25, -0.2) is 19.7 Å². The predicted octanol–water partition coefficient (Wildman–Crippen LogP) is 4.86. The minimum Gasteiger partial charge on any atom is -0.493 e. The molecule has 0 unspecified atom stereocenters. The molecule has 0 atom stereocenters. The lowest BCUT2D eigenvalue weighted by Gasteiger charge is -2.12. The van der Waals surface area contributed by atoms with Crippen LogP contribution in [0.15, 0.2) is 54.9 Å². The second-order valence-corrected chi connectivity index (χ2v) is 8.60. The molecular weight excluding hydrogens is 561 g/mol. The number of carbonyl (C=O) groups is 1. The van der Waals surface area contributed by atoms with Gasteiger partial charge >= 0.3 is 12.1 Å². The first-order valence-electron chi connectivity index (χ1n) is 12.2. The number of rotatable bonds is 8. The van der Waals surface area contributed by atoms with Gasteiger partial charge in [-0.15, -0.1) is 0 Å². The number of anilines is 2. The van der Waals surface area contributed by atoms with E-state index >= 15 is 0 Å². The van der Waals surface area contributed by atoms with Crippen LogP contribution in [0.25, 0.3) is 21.8 Å². The van der Waals surface area contributed by atoms with Crippen LogP contribution >= 0.6 is 0 Å². The minimum absolute atomic E-state index is 0.169. The van der Waals surface area contributed by atoms with Gasteiger partial charge in [0.15, 0.2) is 11.5 Å². The van der Waals surface area contributed by atoms with Gasteiger partial charge < -0.3 is 29.0 Å². The second kappa shape index (κ2) is 12.4. The number of aromatic nitrogens is 5. The Labute approximate surface area is 236 Å². The van der Waals surface area contributed by atoms with E-state index in [1.54, 1.807) is 32.4 Å². The van der Waals surface area contributed by atoms with Gasteiger partial charge in [0.25, 0.3) is 0 Å². The molecule has 3 heterocycles. The van der Waals surface area contributed by atoms with Crippen LogP contribution in [-0.4, -0.2) is 67.7 Å². The standard InChI is InChI=1S/C25H24N6O4.C2HF3O2/c1-15-17-13-21(33-2)22(34-3)14-20(17)28-24(26-15)30-25-27-19-7-6-16(12-18(19)23(32)29-25)35-11-10-31-8-4-5-9-31;3-2(4,5)1(6)7/h4-9,12-14H,10-11H2,1-3H3,(H2,26,27,28,29,30,32);(H,6,7). The van der Waals surface area contributed by atoms with Crippen molar-refractivity contribution in [2.24, 2.45) is 0 Å². The molecule has 0 saturated heterocycles. The first kappa shape index (κ1) is 29.6. The topological polar surface area (TPSA) is 154 Å². The largest absolute Gasteiger partial charge is 0.493 e. The molecule has 42 heavy (non-hydrogen) atoms. The molecule has 0 aliphatic rings. The van der Waals surface area contributed by atoms with Crippen LogP contribution in [0.2, 0.25) is 0 Å². The number of fused-ring (bicyclic) bond motifs is 2. The van der Waals surface area contributed by atoms with E-state index < -0.39 is 12.1 Å². The third-order valence-corrected chi connectivity index (χ3v) is 5.79. The number of aliphatic carboxylic acids is 1. The van der Waals surface area contributed by atoms with Crippen LogP contribution < -0.4 is 19.5 Å². The summed E-state index contributed by atoms with van der Waals surface area (Å²) < 4.78 is 50.3. The maximum absolute atomic E-state index is 10.6. The number of alkyl halides is 3. The van der Waals surface area contributed by atoms with Crippen molar-refractivity contribution in [3.05, 3.63) is 60.6 Å². The summed E-state index contributed by atoms with van der Waals surface area (Å²) >= 11 is 0. The number of carboxylic acid groups (broad SMARTS) is 1. The summed E-state index contributed by atoms with van der Waals surface area (Å²) in [6.07, 6.45) is -1.13. The zero-order chi connectivity index (χ0) is 30.4. The molecule has 0 aliphatic carbocycles. The van der Waals surface area contributed by atoms with Crippen molar-refractivity contribution < 1.29 is 42.4 Å². The molecule has 15 heteroatoms. The summed E-state index contributed by atoms with van der Waals surface area (Å²) in [5, 5.41) is 22.0. The van der Waals surface area contributed by atoms with Gasteiger partial charge in [0.2, 0.25) is 17.8 Å². The normalized spacial score (nSPS) is 11.1. The highest BCUT2D eigenvalue weighted by molar-refractivity contribution is 5.87. The Morgan fingerprint density at radius 1 is 0.929 bits per heavy atom. The molecule has 5 aromatic rings. The van der Waals surface area contributed by atoms with E-state index in [1.165, 1.54) is 0 Å². The van der Waals surface area contributed by atoms with Crippen LogP contribution in [0.1, 0.15) is 5.69 Å². The molecule has 0 amide bonds. The number of ether oxygens (including phenoxy) is 3. The van der Waals surface area contributed by atoms with E-state index in [9.17, 15) is 18.3 Å². The molecule has 3 aromatic heterocycles. The molecule has 0 fully saturated rings. The number of carboxylic acids is 1. The van der Waals surface area contributed by atoms with Gasteiger partial charge in [-0.05, 0) is 43.3 Å². The quantitative estimate of drug-likeness (QED) is 0.228. The fourth-order valence-electron chi connectivity index (χ4n) is 3.79. The third kappa shape index (κ3) is 7.04. The summed E-state index contributed by atoms with van der Waals surface area (Å²) in [6, 6.07) is 12.9. The summed E-state index contributed by atoms with van der Waals surface area (Å²) in [5.41, 5.74) is 1.97. The molecule has 0 saturated carbocycles. The first-order valence-corrected chi connectivity index (χ1v) is 12.2. The molecular formula is C27H25F3N6O6. The summed E-state index contributed by atoms with van der Waals surface area (Å²) in [5.74, 6) is -0.661. The summed E-state index contributed by atoms with van der Waals surface area (Å²) in [6.45, 7) is 3.09. The lowest BCUT2D eigenvalue weighted by Crippen LogP contribution is -2.21. The molecule has 12 nitrogen and oxygen atoms in total. The summed E-state index contributed by atoms with van der Waals surface area (Å²) in [4.78, 5) is 26.6. The molecule has 0 bridgehead atoms. The van der Waals surface area contributed by atoms with Crippen LogP contribution in [0.5, 0.6) is 23.1 Å². The number of methoxy groups -OCH3 is 2. The Balaban J connectivity index is 0.000000517. The lowest BCUT2D eigenvalue weighted by molar-refractivity contribution is -0.192. The summed E-state index contributed by atoms with van der Waals surface area (Å²) in [7, 11) is 3.15. The van der Waals surface area contributed by atoms with Gasteiger partial charge in [-0.2, -0.15) is 18.2 Å². The van der Waals surface area contributed by atoms with Crippen molar-refractivity contribution in [1.82, 2.24) is 24.5 Å². The Hall–Kier alpha value is -5.34. The fraction of sp³-hybridized carbons (Fsp3) is 0.222. The van der Waals surface area contributed by atoms with E-state index in [0.717, 1.165) is 17.6 Å². The van der Waals surface area contributed by atoms with Crippen LogP contribution in [0, 0.1) is 6.92 Å². The average molecular weight is 587 g/mol. The molecule has 5 rings (SSSR count). The number of benzene rings is 2. The molecule has 0 spiro atoms. The Kier molecular flexibility index (Phi) is 8.79. The number of aryl methyl sites for hydroxylation is 1. The van der Waals surface area contributed by atoms with Crippen molar-refractivity contribution in [3.8, 4) is 23.1 Å². The van der Waals surface area contributed by atoms with Crippen molar-refractivity contribution in [3.63, 3.8) is 0 Å². The van der Waals surface area contributed by atoms with Crippen molar-refractivity contribution in [2.45, 2.75) is 19.6 Å². The lowest BCUT2D eigenvalue weighted by atomic mass is 10.1.